The third kappa shape index (κ3) is 5.47. The van der Waals surface area contributed by atoms with E-state index in [0.29, 0.717) is 24.9 Å². The number of aromatic nitrogens is 4. The fourth-order valence-corrected chi connectivity index (χ4v) is 3.56. The molecule has 0 atom stereocenters. The lowest BCUT2D eigenvalue weighted by molar-refractivity contribution is -0.117. The van der Waals surface area contributed by atoms with Crippen molar-refractivity contribution in [3.8, 4) is 5.95 Å². The molecule has 0 aliphatic carbocycles. The van der Waals surface area contributed by atoms with E-state index >= 15 is 0 Å². The van der Waals surface area contributed by atoms with Crippen LogP contribution in [-0.4, -0.2) is 37.1 Å². The zero-order valence-electron chi connectivity index (χ0n) is 18.4. The number of benzene rings is 1. The number of carbonyl (C=O) groups is 1. The van der Waals surface area contributed by atoms with Gasteiger partial charge in [0.25, 0.3) is 5.95 Å². The summed E-state index contributed by atoms with van der Waals surface area (Å²) >= 11 is 0. The smallest absolute Gasteiger partial charge is 0.252 e. The van der Waals surface area contributed by atoms with E-state index in [1.807, 2.05) is 80.3 Å². The Kier molecular flexibility index (Phi) is 6.42. The summed E-state index contributed by atoms with van der Waals surface area (Å²) < 4.78 is 7.07. The number of rotatable bonds is 8. The standard InChI is InChI=1S/C24H26N6O2/c1-17-12-18(2)26-24(25-17)30-22(13-19(3)28-30)27-23(31)16-29(15-21-10-7-11-32-21)14-20-8-5-4-6-9-20/h4-13H,14-16H2,1-3H3,(H,27,31). The monoisotopic (exact) mass is 430 g/mol. The van der Waals surface area contributed by atoms with Crippen LogP contribution < -0.4 is 5.32 Å². The van der Waals surface area contributed by atoms with Gasteiger partial charge in [0.2, 0.25) is 5.91 Å². The van der Waals surface area contributed by atoms with Crippen LogP contribution in [-0.2, 0) is 17.9 Å². The van der Waals surface area contributed by atoms with Crippen molar-refractivity contribution in [2.45, 2.75) is 33.9 Å². The third-order valence-corrected chi connectivity index (χ3v) is 4.83. The number of nitrogens with one attached hydrogen (secondary N) is 1. The van der Waals surface area contributed by atoms with Crippen LogP contribution in [0.3, 0.4) is 0 Å². The summed E-state index contributed by atoms with van der Waals surface area (Å²) in [6.45, 7) is 7.01. The summed E-state index contributed by atoms with van der Waals surface area (Å²) in [5.41, 5.74) is 3.56. The molecule has 4 aromatic rings. The lowest BCUT2D eigenvalue weighted by Gasteiger charge is -2.21. The van der Waals surface area contributed by atoms with Crippen molar-refractivity contribution >= 4 is 11.7 Å². The number of aryl methyl sites for hydroxylation is 3. The Balaban J connectivity index is 1.52. The molecule has 0 bridgehead atoms. The Morgan fingerprint density at radius 3 is 2.41 bits per heavy atom. The Bertz CT molecular complexity index is 1160. The maximum Gasteiger partial charge on any atom is 0.252 e. The number of carbonyl (C=O) groups excluding carboxylic acids is 1. The maximum atomic E-state index is 13.0. The molecule has 0 saturated heterocycles. The van der Waals surface area contributed by atoms with Crippen molar-refractivity contribution in [1.29, 1.82) is 0 Å². The molecule has 164 valence electrons. The molecule has 1 aromatic carbocycles. The van der Waals surface area contributed by atoms with Gasteiger partial charge in [0.1, 0.15) is 11.6 Å². The fraction of sp³-hybridized carbons (Fsp3) is 0.250. The number of hydrogen-bond acceptors (Lipinski definition) is 6. The Hall–Kier alpha value is -3.78. The summed E-state index contributed by atoms with van der Waals surface area (Å²) in [5, 5.41) is 7.45. The first kappa shape index (κ1) is 21.5. The molecule has 8 nitrogen and oxygen atoms in total. The van der Waals surface area contributed by atoms with Gasteiger partial charge in [0.05, 0.1) is 25.0 Å². The molecule has 32 heavy (non-hydrogen) atoms. The number of nitrogens with zero attached hydrogens (tertiary/aromatic N) is 5. The molecule has 0 fully saturated rings. The summed E-state index contributed by atoms with van der Waals surface area (Å²) in [5.74, 6) is 1.62. The first-order valence-electron chi connectivity index (χ1n) is 10.4. The molecule has 1 amide bonds. The molecule has 0 aliphatic rings. The van der Waals surface area contributed by atoms with E-state index in [1.165, 1.54) is 0 Å². The van der Waals surface area contributed by atoms with Gasteiger partial charge >= 0.3 is 0 Å². The van der Waals surface area contributed by atoms with E-state index in [2.05, 4.69) is 20.4 Å². The number of hydrogen-bond donors (Lipinski definition) is 1. The number of amides is 1. The fourth-order valence-electron chi connectivity index (χ4n) is 3.56. The molecular weight excluding hydrogens is 404 g/mol. The second-order valence-electron chi connectivity index (χ2n) is 7.79. The molecule has 0 spiro atoms. The number of furan rings is 1. The molecule has 8 heteroatoms. The predicted molar refractivity (Wildman–Crippen MR) is 121 cm³/mol. The lowest BCUT2D eigenvalue weighted by atomic mass is 10.2. The van der Waals surface area contributed by atoms with Crippen LogP contribution in [0.25, 0.3) is 5.95 Å². The highest BCUT2D eigenvalue weighted by atomic mass is 16.3. The van der Waals surface area contributed by atoms with E-state index in [9.17, 15) is 4.79 Å². The highest BCUT2D eigenvalue weighted by Gasteiger charge is 2.17. The minimum absolute atomic E-state index is 0.155. The minimum Gasteiger partial charge on any atom is -0.468 e. The molecule has 0 saturated carbocycles. The lowest BCUT2D eigenvalue weighted by Crippen LogP contribution is -2.33. The van der Waals surface area contributed by atoms with Crippen LogP contribution in [0.2, 0.25) is 0 Å². The average molecular weight is 431 g/mol. The summed E-state index contributed by atoms with van der Waals surface area (Å²) in [4.78, 5) is 24.0. The van der Waals surface area contributed by atoms with Gasteiger partial charge in [0.15, 0.2) is 0 Å². The molecular formula is C24H26N6O2. The second-order valence-corrected chi connectivity index (χ2v) is 7.79. The van der Waals surface area contributed by atoms with E-state index in [0.717, 1.165) is 28.4 Å². The first-order valence-corrected chi connectivity index (χ1v) is 10.4. The van der Waals surface area contributed by atoms with Crippen LogP contribution in [0.15, 0.2) is 65.3 Å². The molecule has 3 aromatic heterocycles. The summed E-state index contributed by atoms with van der Waals surface area (Å²) in [7, 11) is 0. The molecule has 0 unspecified atom stereocenters. The van der Waals surface area contributed by atoms with Crippen molar-refractivity contribution in [3.05, 3.63) is 89.3 Å². The van der Waals surface area contributed by atoms with Gasteiger partial charge < -0.3 is 9.73 Å². The van der Waals surface area contributed by atoms with Crippen LogP contribution >= 0.6 is 0 Å². The molecule has 3 heterocycles. The van der Waals surface area contributed by atoms with Gasteiger partial charge in [-0.2, -0.15) is 9.78 Å². The van der Waals surface area contributed by atoms with E-state index < -0.39 is 0 Å². The zero-order chi connectivity index (χ0) is 22.5. The largest absolute Gasteiger partial charge is 0.468 e. The van der Waals surface area contributed by atoms with Gasteiger partial charge in [0, 0.05) is 24.0 Å². The normalized spacial score (nSPS) is 11.1. The molecule has 1 N–H and O–H groups in total. The van der Waals surface area contributed by atoms with Crippen molar-refractivity contribution in [2.24, 2.45) is 0 Å². The van der Waals surface area contributed by atoms with Gasteiger partial charge in [-0.25, -0.2) is 9.97 Å². The van der Waals surface area contributed by atoms with Gasteiger partial charge in [-0.1, -0.05) is 30.3 Å². The van der Waals surface area contributed by atoms with Crippen LogP contribution in [0.4, 0.5) is 5.82 Å². The average Bonchev–Trinajstić information content (AvgIpc) is 3.37. The number of anilines is 1. The topological polar surface area (TPSA) is 89.1 Å². The Morgan fingerprint density at radius 2 is 1.72 bits per heavy atom. The maximum absolute atomic E-state index is 13.0. The highest BCUT2D eigenvalue weighted by Crippen LogP contribution is 2.16. The van der Waals surface area contributed by atoms with Crippen LogP contribution in [0.5, 0.6) is 0 Å². The van der Waals surface area contributed by atoms with Crippen molar-refractivity contribution in [1.82, 2.24) is 24.6 Å². The van der Waals surface area contributed by atoms with Crippen molar-refractivity contribution in [2.75, 3.05) is 11.9 Å². The van der Waals surface area contributed by atoms with Crippen LogP contribution in [0.1, 0.15) is 28.4 Å². The first-order chi connectivity index (χ1) is 15.5. The van der Waals surface area contributed by atoms with E-state index in [4.69, 9.17) is 4.42 Å². The van der Waals surface area contributed by atoms with Gasteiger partial charge in [-0.3, -0.25) is 9.69 Å². The quantitative estimate of drug-likeness (QED) is 0.457. The third-order valence-electron chi connectivity index (χ3n) is 4.83. The van der Waals surface area contributed by atoms with Crippen molar-refractivity contribution < 1.29 is 9.21 Å². The Morgan fingerprint density at radius 1 is 0.969 bits per heavy atom. The van der Waals surface area contributed by atoms with Gasteiger partial charge in [-0.15, -0.1) is 0 Å². The Labute approximate surface area is 186 Å². The molecule has 0 radical (unpaired) electrons. The van der Waals surface area contributed by atoms with E-state index in [1.54, 1.807) is 10.9 Å². The SMILES string of the molecule is Cc1cc(C)nc(-n2nc(C)cc2NC(=O)CN(Cc2ccccc2)Cc2ccco2)n1. The zero-order valence-corrected chi connectivity index (χ0v) is 18.4. The summed E-state index contributed by atoms with van der Waals surface area (Å²) in [6.07, 6.45) is 1.64. The predicted octanol–water partition coefficient (Wildman–Crippen LogP) is 3.82. The summed E-state index contributed by atoms with van der Waals surface area (Å²) in [6, 6.07) is 17.5. The van der Waals surface area contributed by atoms with E-state index in [-0.39, 0.29) is 12.5 Å². The van der Waals surface area contributed by atoms with Crippen LogP contribution in [0, 0.1) is 20.8 Å². The molecule has 4 rings (SSSR count). The minimum atomic E-state index is -0.155. The second kappa shape index (κ2) is 9.57. The van der Waals surface area contributed by atoms with Gasteiger partial charge in [-0.05, 0) is 44.5 Å². The highest BCUT2D eigenvalue weighted by molar-refractivity contribution is 5.91. The van der Waals surface area contributed by atoms with Crippen molar-refractivity contribution in [3.63, 3.8) is 0 Å². The molecule has 0 aliphatic heterocycles.